The number of unbranched alkanes of at least 4 members (excludes halogenated alkanes) is 3. The fourth-order valence-electron chi connectivity index (χ4n) is 5.60. The summed E-state index contributed by atoms with van der Waals surface area (Å²) < 4.78 is 12.0. The molecule has 0 aliphatic carbocycles. The lowest BCUT2D eigenvalue weighted by Gasteiger charge is -2.50. The number of carbonyl (C=O) groups excluding carboxylic acids is 1. The van der Waals surface area contributed by atoms with Gasteiger partial charge in [-0.2, -0.15) is 0 Å². The lowest BCUT2D eigenvalue weighted by molar-refractivity contribution is -0.140. The molecule has 33 heavy (non-hydrogen) atoms. The summed E-state index contributed by atoms with van der Waals surface area (Å²) in [7, 11) is -1.62. The molecule has 4 heteroatoms. The van der Waals surface area contributed by atoms with Crippen molar-refractivity contribution in [2.75, 3.05) is 13.2 Å². The molecular weight excluding hydrogens is 424 g/mol. The van der Waals surface area contributed by atoms with Crippen molar-refractivity contribution in [3.05, 3.63) is 0 Å². The number of rotatable bonds is 18. The summed E-state index contributed by atoms with van der Waals surface area (Å²) in [4.78, 5) is 12.2. The second kappa shape index (κ2) is 14.9. The standard InChI is InChI=1S/C29H60O3Si/c1-12-16-17-18-20-29(11,25(5)23-27(6,7)8)28(9,10)32-21-19-22-33(14-3,15-4)24-26(30)31-13-2/h25H,12-24H2,1-11H3. The zero-order chi connectivity index (χ0) is 25.8. The van der Waals surface area contributed by atoms with E-state index >= 15 is 0 Å². The molecule has 0 aromatic heterocycles. The van der Waals surface area contributed by atoms with Crippen LogP contribution in [0.4, 0.5) is 0 Å². The highest BCUT2D eigenvalue weighted by atomic mass is 28.3. The van der Waals surface area contributed by atoms with Gasteiger partial charge in [0.25, 0.3) is 0 Å². The van der Waals surface area contributed by atoms with Gasteiger partial charge in [0, 0.05) is 12.7 Å². The number of hydrogen-bond donors (Lipinski definition) is 0. The van der Waals surface area contributed by atoms with E-state index in [0.717, 1.165) is 31.2 Å². The van der Waals surface area contributed by atoms with Crippen LogP contribution in [0.15, 0.2) is 0 Å². The van der Waals surface area contributed by atoms with Crippen LogP contribution in [0.3, 0.4) is 0 Å². The first-order chi connectivity index (χ1) is 15.2. The van der Waals surface area contributed by atoms with Gasteiger partial charge in [-0.05, 0) is 56.8 Å². The highest BCUT2D eigenvalue weighted by Crippen LogP contribution is 2.49. The van der Waals surface area contributed by atoms with E-state index < -0.39 is 8.07 Å². The number of hydrogen-bond acceptors (Lipinski definition) is 3. The van der Waals surface area contributed by atoms with Crippen molar-refractivity contribution in [3.63, 3.8) is 0 Å². The Morgan fingerprint density at radius 1 is 0.879 bits per heavy atom. The van der Waals surface area contributed by atoms with Crippen LogP contribution >= 0.6 is 0 Å². The summed E-state index contributed by atoms with van der Waals surface area (Å²) >= 11 is 0. The fraction of sp³-hybridized carbons (Fsp3) is 0.966. The quantitative estimate of drug-likeness (QED) is 0.110. The minimum absolute atomic E-state index is 0.00442. The molecule has 198 valence electrons. The molecule has 0 rings (SSSR count). The van der Waals surface area contributed by atoms with Crippen LogP contribution in [0, 0.1) is 16.7 Å². The SMILES string of the molecule is CCCCCCC(C)(C(C)CC(C)(C)C)C(C)(C)OCCC[Si](CC)(CC)CC(=O)OCC. The minimum atomic E-state index is -1.62. The van der Waals surface area contributed by atoms with Crippen LogP contribution < -0.4 is 0 Å². The van der Waals surface area contributed by atoms with Crippen LogP contribution in [0.25, 0.3) is 0 Å². The van der Waals surface area contributed by atoms with Crippen molar-refractivity contribution in [2.24, 2.45) is 16.7 Å². The molecule has 0 N–H and O–H groups in total. The van der Waals surface area contributed by atoms with E-state index in [9.17, 15) is 4.79 Å². The summed E-state index contributed by atoms with van der Waals surface area (Å²) in [5, 5.41) is 0. The summed E-state index contributed by atoms with van der Waals surface area (Å²) in [5.74, 6) is 0.600. The molecule has 3 nitrogen and oxygen atoms in total. The normalized spacial score (nSPS) is 15.8. The third kappa shape index (κ3) is 11.3. The molecule has 0 aromatic carbocycles. The van der Waals surface area contributed by atoms with E-state index in [1.165, 1.54) is 38.5 Å². The molecule has 0 spiro atoms. The summed E-state index contributed by atoms with van der Waals surface area (Å²) in [6.45, 7) is 26.6. The van der Waals surface area contributed by atoms with Crippen LogP contribution in [0.1, 0.15) is 121 Å². The topological polar surface area (TPSA) is 35.5 Å². The monoisotopic (exact) mass is 484 g/mol. The molecule has 0 bridgehead atoms. The second-order valence-corrected chi connectivity index (χ2v) is 17.8. The Hall–Kier alpha value is -0.353. The van der Waals surface area contributed by atoms with Crippen molar-refractivity contribution >= 4 is 14.0 Å². The lowest BCUT2D eigenvalue weighted by Crippen LogP contribution is -2.49. The number of esters is 1. The molecule has 0 aliphatic heterocycles. The van der Waals surface area contributed by atoms with E-state index in [2.05, 4.69) is 69.2 Å². The Bertz CT molecular complexity index is 533. The minimum Gasteiger partial charge on any atom is -0.466 e. The maximum absolute atomic E-state index is 12.2. The molecule has 0 amide bonds. The Morgan fingerprint density at radius 3 is 1.97 bits per heavy atom. The van der Waals surface area contributed by atoms with Gasteiger partial charge in [0.15, 0.2) is 0 Å². The smallest absolute Gasteiger partial charge is 0.303 e. The van der Waals surface area contributed by atoms with E-state index in [1.54, 1.807) is 0 Å². The van der Waals surface area contributed by atoms with E-state index in [-0.39, 0.29) is 17.0 Å². The van der Waals surface area contributed by atoms with Crippen LogP contribution in [0.2, 0.25) is 24.2 Å². The third-order valence-corrected chi connectivity index (χ3v) is 14.0. The summed E-state index contributed by atoms with van der Waals surface area (Å²) in [6.07, 6.45) is 8.70. The van der Waals surface area contributed by atoms with Crippen LogP contribution in [0.5, 0.6) is 0 Å². The molecular formula is C29H60O3Si. The molecule has 0 aliphatic rings. The van der Waals surface area contributed by atoms with Gasteiger partial charge in [-0.25, -0.2) is 0 Å². The van der Waals surface area contributed by atoms with Gasteiger partial charge in [-0.3, -0.25) is 4.79 Å². The third-order valence-electron chi connectivity index (χ3n) is 8.57. The highest BCUT2D eigenvalue weighted by molar-refractivity contribution is 6.82. The predicted octanol–water partition coefficient (Wildman–Crippen LogP) is 9.27. The van der Waals surface area contributed by atoms with Gasteiger partial charge in [-0.15, -0.1) is 0 Å². The maximum atomic E-state index is 12.2. The predicted molar refractivity (Wildman–Crippen MR) is 148 cm³/mol. The molecule has 0 saturated heterocycles. The molecule has 0 radical (unpaired) electrons. The average Bonchev–Trinajstić information content (AvgIpc) is 2.72. The Labute approximate surface area is 209 Å². The van der Waals surface area contributed by atoms with Gasteiger partial charge < -0.3 is 9.47 Å². The number of ether oxygens (including phenoxy) is 2. The second-order valence-electron chi connectivity index (χ2n) is 12.5. The molecule has 0 heterocycles. The fourth-order valence-corrected chi connectivity index (χ4v) is 9.10. The molecule has 2 unspecified atom stereocenters. The van der Waals surface area contributed by atoms with E-state index in [1.807, 2.05) is 6.92 Å². The molecule has 0 fully saturated rings. The van der Waals surface area contributed by atoms with Crippen LogP contribution in [-0.4, -0.2) is 32.9 Å². The summed E-state index contributed by atoms with van der Waals surface area (Å²) in [6, 6.07) is 4.10. The lowest BCUT2D eigenvalue weighted by atomic mass is 9.61. The van der Waals surface area contributed by atoms with Crippen molar-refractivity contribution in [2.45, 2.75) is 151 Å². The van der Waals surface area contributed by atoms with E-state index in [0.29, 0.717) is 24.0 Å². The van der Waals surface area contributed by atoms with Crippen molar-refractivity contribution in [3.8, 4) is 0 Å². The first-order valence-electron chi connectivity index (χ1n) is 14.0. The number of carbonyl (C=O) groups is 1. The molecule has 0 aromatic rings. The average molecular weight is 485 g/mol. The molecule has 0 saturated carbocycles. The molecule has 2 atom stereocenters. The summed E-state index contributed by atoms with van der Waals surface area (Å²) in [5.41, 5.74) is 0.289. The van der Waals surface area contributed by atoms with Crippen molar-refractivity contribution < 1.29 is 14.3 Å². The Kier molecular flexibility index (Phi) is 14.8. The van der Waals surface area contributed by atoms with Gasteiger partial charge in [0.2, 0.25) is 0 Å². The highest BCUT2D eigenvalue weighted by Gasteiger charge is 2.46. The Morgan fingerprint density at radius 2 is 1.48 bits per heavy atom. The maximum Gasteiger partial charge on any atom is 0.303 e. The van der Waals surface area contributed by atoms with Gasteiger partial charge in [0.05, 0.1) is 20.3 Å². The van der Waals surface area contributed by atoms with Crippen LogP contribution in [-0.2, 0) is 14.3 Å². The zero-order valence-corrected chi connectivity index (χ0v) is 25.5. The Balaban J connectivity index is 5.24. The van der Waals surface area contributed by atoms with Crippen molar-refractivity contribution in [1.29, 1.82) is 0 Å². The largest absolute Gasteiger partial charge is 0.466 e. The first-order valence-corrected chi connectivity index (χ1v) is 16.8. The van der Waals surface area contributed by atoms with Gasteiger partial charge >= 0.3 is 5.97 Å². The zero-order valence-electron chi connectivity index (χ0n) is 24.5. The first kappa shape index (κ1) is 32.6. The van der Waals surface area contributed by atoms with Crippen molar-refractivity contribution in [1.82, 2.24) is 0 Å². The van der Waals surface area contributed by atoms with E-state index in [4.69, 9.17) is 9.47 Å². The van der Waals surface area contributed by atoms with Gasteiger partial charge in [0.1, 0.15) is 0 Å². The van der Waals surface area contributed by atoms with Gasteiger partial charge in [-0.1, -0.05) is 99.2 Å².